The third kappa shape index (κ3) is 3.99. The number of rotatable bonds is 6. The minimum atomic E-state index is -0.519. The fourth-order valence-electron chi connectivity index (χ4n) is 3.05. The van der Waals surface area contributed by atoms with Gasteiger partial charge in [0.1, 0.15) is 17.3 Å². The van der Waals surface area contributed by atoms with E-state index in [1.54, 1.807) is 14.2 Å². The van der Waals surface area contributed by atoms with E-state index in [2.05, 4.69) is 15.1 Å². The maximum absolute atomic E-state index is 13.4. The van der Waals surface area contributed by atoms with Crippen LogP contribution in [-0.2, 0) is 6.42 Å². The van der Waals surface area contributed by atoms with Gasteiger partial charge in [-0.15, -0.1) is 0 Å². The van der Waals surface area contributed by atoms with Crippen LogP contribution in [0.4, 0.5) is 4.39 Å². The summed E-state index contributed by atoms with van der Waals surface area (Å²) in [5.41, 5.74) is 1.69. The van der Waals surface area contributed by atoms with Gasteiger partial charge in [0, 0.05) is 37.0 Å². The fourth-order valence-corrected chi connectivity index (χ4v) is 3.25. The van der Waals surface area contributed by atoms with E-state index in [1.165, 1.54) is 17.0 Å². The Bertz CT molecular complexity index is 1220. The van der Waals surface area contributed by atoms with Crippen LogP contribution in [0.5, 0.6) is 5.75 Å². The molecule has 0 saturated carbocycles. The smallest absolute Gasteiger partial charge is 0.274 e. The first-order valence-electron chi connectivity index (χ1n) is 9.15. The molecule has 0 spiro atoms. The average Bonchev–Trinajstić information content (AvgIpc) is 3.39. The first-order valence-corrected chi connectivity index (χ1v) is 9.52. The van der Waals surface area contributed by atoms with Crippen LogP contribution in [0.3, 0.4) is 0 Å². The number of nitrogens with one attached hydrogen (secondary N) is 1. The summed E-state index contributed by atoms with van der Waals surface area (Å²) in [6.07, 6.45) is 0.368. The van der Waals surface area contributed by atoms with Crippen molar-refractivity contribution in [2.24, 2.45) is 0 Å². The highest BCUT2D eigenvalue weighted by molar-refractivity contribution is 6.33. The van der Waals surface area contributed by atoms with Gasteiger partial charge >= 0.3 is 0 Å². The number of ether oxygens (including phenoxy) is 1. The summed E-state index contributed by atoms with van der Waals surface area (Å²) >= 11 is 6.01. The van der Waals surface area contributed by atoms with Crippen LogP contribution in [-0.4, -0.2) is 46.6 Å². The van der Waals surface area contributed by atoms with Crippen molar-refractivity contribution in [1.29, 1.82) is 0 Å². The lowest BCUT2D eigenvalue weighted by atomic mass is 10.2. The minimum Gasteiger partial charge on any atom is -0.497 e. The molecule has 0 fully saturated rings. The number of H-pyrrole nitrogens is 1. The van der Waals surface area contributed by atoms with Crippen molar-refractivity contribution in [3.63, 3.8) is 0 Å². The Morgan fingerprint density at radius 1 is 1.27 bits per heavy atom. The fraction of sp³-hybridized carbons (Fsp3) is 0.190. The van der Waals surface area contributed by atoms with Crippen molar-refractivity contribution in [3.05, 3.63) is 64.7 Å². The zero-order valence-corrected chi connectivity index (χ0v) is 17.0. The van der Waals surface area contributed by atoms with Crippen LogP contribution in [0, 0.1) is 5.82 Å². The maximum atomic E-state index is 13.4. The Hall–Kier alpha value is -3.39. The topological polar surface area (TPSA) is 84.2 Å². The van der Waals surface area contributed by atoms with E-state index < -0.39 is 5.82 Å². The van der Waals surface area contributed by atoms with E-state index in [1.807, 2.05) is 24.3 Å². The Labute approximate surface area is 176 Å². The second-order valence-electron chi connectivity index (χ2n) is 6.75. The van der Waals surface area contributed by atoms with E-state index in [0.717, 1.165) is 22.7 Å². The van der Waals surface area contributed by atoms with Crippen LogP contribution in [0.1, 0.15) is 16.2 Å². The van der Waals surface area contributed by atoms with E-state index in [9.17, 15) is 9.18 Å². The Morgan fingerprint density at radius 3 is 2.90 bits per heavy atom. The van der Waals surface area contributed by atoms with Gasteiger partial charge in [-0.05, 0) is 36.4 Å². The van der Waals surface area contributed by atoms with Gasteiger partial charge in [0.05, 0.1) is 17.7 Å². The van der Waals surface area contributed by atoms with Gasteiger partial charge in [-0.1, -0.05) is 16.8 Å². The second kappa shape index (κ2) is 8.16. The molecule has 0 atom stereocenters. The number of nitrogens with zero attached hydrogens (tertiary/aromatic N) is 3. The van der Waals surface area contributed by atoms with Crippen molar-refractivity contribution in [2.45, 2.75) is 6.42 Å². The van der Waals surface area contributed by atoms with Gasteiger partial charge in [0.15, 0.2) is 5.82 Å². The molecule has 0 radical (unpaired) electrons. The third-order valence-corrected chi connectivity index (χ3v) is 5.03. The lowest BCUT2D eigenvalue weighted by Crippen LogP contribution is -2.29. The molecule has 30 heavy (non-hydrogen) atoms. The van der Waals surface area contributed by atoms with E-state index >= 15 is 0 Å². The van der Waals surface area contributed by atoms with E-state index in [4.69, 9.17) is 20.9 Å². The number of halogens is 2. The van der Waals surface area contributed by atoms with Gasteiger partial charge in [-0.2, -0.15) is 4.98 Å². The molecule has 0 bridgehead atoms. The summed E-state index contributed by atoms with van der Waals surface area (Å²) in [4.78, 5) is 21.6. The molecular weight excluding hydrogens is 411 g/mol. The summed E-state index contributed by atoms with van der Waals surface area (Å²) in [6, 6.07) is 11.3. The highest BCUT2D eigenvalue weighted by Crippen LogP contribution is 2.26. The summed E-state index contributed by atoms with van der Waals surface area (Å²) in [5.74, 6) is 0.643. The molecule has 0 aliphatic rings. The highest BCUT2D eigenvalue weighted by atomic mass is 35.5. The molecule has 1 N–H and O–H groups in total. The largest absolute Gasteiger partial charge is 0.497 e. The summed E-state index contributed by atoms with van der Waals surface area (Å²) in [5, 5.41) is 5.17. The summed E-state index contributed by atoms with van der Waals surface area (Å²) < 4.78 is 24.0. The number of carbonyl (C=O) groups is 1. The van der Waals surface area contributed by atoms with Gasteiger partial charge < -0.3 is 19.1 Å². The first-order chi connectivity index (χ1) is 14.4. The molecular formula is C21H18ClFN4O3. The van der Waals surface area contributed by atoms with Crippen molar-refractivity contribution in [3.8, 4) is 17.3 Å². The number of hydrogen-bond acceptors (Lipinski definition) is 5. The SMILES string of the molecule is COc1ccc2cc(-c3nc(CCN(C)C(=O)c4cc(F)ccc4Cl)no3)[nH]c2c1. The number of methoxy groups -OCH3 is 1. The quantitative estimate of drug-likeness (QED) is 0.494. The Kier molecular flexibility index (Phi) is 5.41. The molecule has 2 aromatic heterocycles. The molecule has 2 aromatic carbocycles. The molecule has 4 rings (SSSR count). The molecule has 0 aliphatic carbocycles. The average molecular weight is 429 g/mol. The molecule has 0 unspecified atom stereocenters. The maximum Gasteiger partial charge on any atom is 0.274 e. The lowest BCUT2D eigenvalue weighted by molar-refractivity contribution is 0.0795. The van der Waals surface area contributed by atoms with Gasteiger partial charge in [-0.3, -0.25) is 4.79 Å². The monoisotopic (exact) mass is 428 g/mol. The molecule has 154 valence electrons. The Morgan fingerprint density at radius 2 is 2.10 bits per heavy atom. The number of aromatic nitrogens is 3. The van der Waals surface area contributed by atoms with Crippen molar-refractivity contribution >= 4 is 28.4 Å². The molecule has 4 aromatic rings. The van der Waals surface area contributed by atoms with Crippen LogP contribution in [0.25, 0.3) is 22.5 Å². The number of carbonyl (C=O) groups excluding carboxylic acids is 1. The predicted octanol–water partition coefficient (Wildman–Crippen LogP) is 4.33. The zero-order chi connectivity index (χ0) is 21.3. The molecule has 1 amide bonds. The second-order valence-corrected chi connectivity index (χ2v) is 7.16. The summed E-state index contributed by atoms with van der Waals surface area (Å²) in [6.45, 7) is 0.314. The molecule has 0 aliphatic heterocycles. The van der Waals surface area contributed by atoms with Gasteiger partial charge in [-0.25, -0.2) is 4.39 Å². The number of hydrogen-bond donors (Lipinski definition) is 1. The number of benzene rings is 2. The highest BCUT2D eigenvalue weighted by Gasteiger charge is 2.18. The minimum absolute atomic E-state index is 0.112. The number of amides is 1. The lowest BCUT2D eigenvalue weighted by Gasteiger charge is -2.17. The first kappa shape index (κ1) is 19.9. The van der Waals surface area contributed by atoms with Crippen LogP contribution < -0.4 is 4.74 Å². The van der Waals surface area contributed by atoms with Crippen LogP contribution in [0.15, 0.2) is 47.0 Å². The molecule has 9 heteroatoms. The molecule has 2 heterocycles. The number of aromatic amines is 1. The summed E-state index contributed by atoms with van der Waals surface area (Å²) in [7, 11) is 3.22. The normalized spacial score (nSPS) is 11.1. The predicted molar refractivity (Wildman–Crippen MR) is 110 cm³/mol. The molecule has 0 saturated heterocycles. The van der Waals surface area contributed by atoms with Crippen molar-refractivity contribution in [1.82, 2.24) is 20.0 Å². The van der Waals surface area contributed by atoms with Crippen LogP contribution in [0.2, 0.25) is 5.02 Å². The Balaban J connectivity index is 1.44. The van der Waals surface area contributed by atoms with Gasteiger partial charge in [0.2, 0.25) is 0 Å². The number of fused-ring (bicyclic) bond motifs is 1. The van der Waals surface area contributed by atoms with E-state index in [-0.39, 0.29) is 16.5 Å². The van der Waals surface area contributed by atoms with Gasteiger partial charge in [0.25, 0.3) is 11.8 Å². The standard InChI is InChI=1S/C21H18ClFN4O3/c1-27(21(28)15-10-13(23)4-6-16(15)22)8-7-19-25-20(30-26-19)18-9-12-3-5-14(29-2)11-17(12)24-18/h3-6,9-11,24H,7-8H2,1-2H3. The number of likely N-dealkylation sites (N-methyl/N-ethyl adjacent to an activating group) is 1. The molecule has 7 nitrogen and oxygen atoms in total. The van der Waals surface area contributed by atoms with E-state index in [0.29, 0.717) is 30.4 Å². The van der Waals surface area contributed by atoms with Crippen molar-refractivity contribution < 1.29 is 18.4 Å². The zero-order valence-electron chi connectivity index (χ0n) is 16.3. The van der Waals surface area contributed by atoms with Crippen molar-refractivity contribution in [2.75, 3.05) is 20.7 Å². The third-order valence-electron chi connectivity index (χ3n) is 4.70. The van der Waals surface area contributed by atoms with Crippen LogP contribution >= 0.6 is 11.6 Å².